The van der Waals surface area contributed by atoms with Gasteiger partial charge in [-0.25, -0.2) is 0 Å². The van der Waals surface area contributed by atoms with E-state index in [1.807, 2.05) is 11.8 Å². The van der Waals surface area contributed by atoms with Crippen molar-refractivity contribution in [1.82, 2.24) is 0 Å². The number of ether oxygens (including phenoxy) is 1. The van der Waals surface area contributed by atoms with Gasteiger partial charge >= 0.3 is 0 Å². The van der Waals surface area contributed by atoms with Gasteiger partial charge in [-0.1, -0.05) is 6.92 Å². The molecule has 5 rings (SSSR count). The molecule has 4 aliphatic carbocycles. The van der Waals surface area contributed by atoms with Gasteiger partial charge in [0.1, 0.15) is 4.93 Å². The van der Waals surface area contributed by atoms with Crippen LogP contribution < -0.4 is 0 Å². The van der Waals surface area contributed by atoms with Crippen molar-refractivity contribution in [1.29, 1.82) is 0 Å². The van der Waals surface area contributed by atoms with Crippen molar-refractivity contribution >= 4 is 11.8 Å². The first-order valence-electron chi connectivity index (χ1n) is 11.0. The van der Waals surface area contributed by atoms with E-state index >= 15 is 0 Å². The van der Waals surface area contributed by atoms with E-state index in [4.69, 9.17) is 4.74 Å². The average molecular weight is 381 g/mol. The Morgan fingerprint density at radius 2 is 1.81 bits per heavy atom. The van der Waals surface area contributed by atoms with E-state index in [1.165, 1.54) is 25.7 Å². The summed E-state index contributed by atoms with van der Waals surface area (Å²) in [5.41, 5.74) is -0.300. The minimum absolute atomic E-state index is 0.0659. The maximum Gasteiger partial charge on any atom is 0.114 e. The predicted molar refractivity (Wildman–Crippen MR) is 105 cm³/mol. The summed E-state index contributed by atoms with van der Waals surface area (Å²) in [7, 11) is 0. The molecule has 5 aliphatic rings. The SMILES string of the molecule is C[C@]1(O)CC[C@H]2[C@@H]3CC[C@H]4CC5(CC[C@]4(CO)[C@H]3CC[C@@]21C)OCCS5. The van der Waals surface area contributed by atoms with Crippen LogP contribution >= 0.6 is 11.8 Å². The maximum atomic E-state index is 11.1. The zero-order valence-electron chi connectivity index (χ0n) is 16.5. The number of fused-ring (bicyclic) bond motifs is 5. The maximum absolute atomic E-state index is 11.1. The third kappa shape index (κ3) is 2.25. The largest absolute Gasteiger partial charge is 0.396 e. The molecule has 2 N–H and O–H groups in total. The molecule has 148 valence electrons. The zero-order chi connectivity index (χ0) is 18.2. The van der Waals surface area contributed by atoms with Crippen molar-refractivity contribution in [3.8, 4) is 0 Å². The summed E-state index contributed by atoms with van der Waals surface area (Å²) in [5, 5.41) is 21.7. The summed E-state index contributed by atoms with van der Waals surface area (Å²) in [5.74, 6) is 3.77. The Labute approximate surface area is 162 Å². The molecule has 0 bridgehead atoms. The standard InChI is InChI=1S/C22H36O3S/c1-19-7-5-18-16(17(19)6-8-20(19,2)24)4-3-15-13-22(25-11-12-26-22)10-9-21(15,18)14-23/h15-18,23-24H,3-14H2,1-2H3/t15-,16-,17-,18-,19-,20-,21+,22?/m0/s1. The van der Waals surface area contributed by atoms with E-state index in [0.29, 0.717) is 30.3 Å². The Bertz CT molecular complexity index is 572. The second-order valence-corrected chi connectivity index (χ2v) is 12.1. The molecular formula is C22H36O3S. The van der Waals surface area contributed by atoms with Gasteiger partial charge in [-0.2, -0.15) is 0 Å². The number of thioether (sulfide) groups is 1. The molecule has 1 unspecified atom stereocenters. The first kappa shape index (κ1) is 18.3. The normalized spacial score (nSPS) is 59.1. The third-order valence-corrected chi connectivity index (χ3v) is 11.4. The zero-order valence-corrected chi connectivity index (χ0v) is 17.3. The van der Waals surface area contributed by atoms with Crippen molar-refractivity contribution in [2.45, 2.75) is 82.2 Å². The van der Waals surface area contributed by atoms with E-state index < -0.39 is 5.60 Å². The summed E-state index contributed by atoms with van der Waals surface area (Å²) in [6, 6.07) is 0. The second kappa shape index (κ2) is 5.87. The molecule has 0 amide bonds. The second-order valence-electron chi connectivity index (χ2n) is 10.6. The minimum Gasteiger partial charge on any atom is -0.396 e. The van der Waals surface area contributed by atoms with Crippen LogP contribution in [0.4, 0.5) is 0 Å². The fourth-order valence-electron chi connectivity index (χ4n) is 8.31. The van der Waals surface area contributed by atoms with Gasteiger partial charge in [0, 0.05) is 12.4 Å². The molecule has 1 aliphatic heterocycles. The molecule has 0 aromatic carbocycles. The molecule has 1 saturated heterocycles. The van der Waals surface area contributed by atoms with E-state index in [0.717, 1.165) is 44.5 Å². The quantitative estimate of drug-likeness (QED) is 0.715. The number of rotatable bonds is 1. The van der Waals surface area contributed by atoms with Crippen molar-refractivity contribution in [3.63, 3.8) is 0 Å². The summed E-state index contributed by atoms with van der Waals surface area (Å²) in [6.07, 6.45) is 10.4. The van der Waals surface area contributed by atoms with Crippen molar-refractivity contribution in [3.05, 3.63) is 0 Å². The fourth-order valence-corrected chi connectivity index (χ4v) is 9.58. The molecule has 4 heteroatoms. The van der Waals surface area contributed by atoms with Crippen LogP contribution in [0, 0.1) is 34.5 Å². The van der Waals surface area contributed by atoms with Gasteiger partial charge in [0.25, 0.3) is 0 Å². The van der Waals surface area contributed by atoms with E-state index in [2.05, 4.69) is 13.8 Å². The van der Waals surface area contributed by atoms with E-state index in [1.54, 1.807) is 0 Å². The molecule has 8 atom stereocenters. The van der Waals surface area contributed by atoms with Crippen LogP contribution in [0.3, 0.4) is 0 Å². The highest BCUT2D eigenvalue weighted by molar-refractivity contribution is 8.00. The summed E-state index contributed by atoms with van der Waals surface area (Å²) < 4.78 is 6.22. The lowest BCUT2D eigenvalue weighted by Gasteiger charge is -2.63. The molecule has 5 fully saturated rings. The molecule has 26 heavy (non-hydrogen) atoms. The first-order chi connectivity index (χ1) is 12.4. The van der Waals surface area contributed by atoms with Crippen molar-refractivity contribution in [2.24, 2.45) is 34.5 Å². The lowest BCUT2D eigenvalue weighted by atomic mass is 9.44. The third-order valence-electron chi connectivity index (χ3n) is 10.0. The topological polar surface area (TPSA) is 49.7 Å². The van der Waals surface area contributed by atoms with Crippen LogP contribution in [0.1, 0.15) is 71.6 Å². The predicted octanol–water partition coefficient (Wildman–Crippen LogP) is 4.21. The molecular weight excluding hydrogens is 344 g/mol. The smallest absolute Gasteiger partial charge is 0.114 e. The Hall–Kier alpha value is 0.230. The fraction of sp³-hybridized carbons (Fsp3) is 1.00. The van der Waals surface area contributed by atoms with Gasteiger partial charge in [0.15, 0.2) is 0 Å². The highest BCUT2D eigenvalue weighted by Crippen LogP contribution is 2.69. The average Bonchev–Trinajstić information content (AvgIpc) is 3.17. The molecule has 1 spiro atoms. The van der Waals surface area contributed by atoms with Gasteiger partial charge in [-0.15, -0.1) is 11.8 Å². The van der Waals surface area contributed by atoms with Crippen LogP contribution in [0.25, 0.3) is 0 Å². The summed E-state index contributed by atoms with van der Waals surface area (Å²) >= 11 is 2.04. The van der Waals surface area contributed by atoms with Gasteiger partial charge in [0.2, 0.25) is 0 Å². The monoisotopic (exact) mass is 380 g/mol. The van der Waals surface area contributed by atoms with Crippen molar-refractivity contribution in [2.75, 3.05) is 19.0 Å². The lowest BCUT2D eigenvalue weighted by molar-refractivity contribution is -0.177. The lowest BCUT2D eigenvalue weighted by Crippen LogP contribution is -2.59. The van der Waals surface area contributed by atoms with Crippen LogP contribution in [-0.2, 0) is 4.74 Å². The number of hydrogen-bond donors (Lipinski definition) is 2. The van der Waals surface area contributed by atoms with Gasteiger partial charge in [-0.3, -0.25) is 0 Å². The molecule has 1 heterocycles. The summed E-state index contributed by atoms with van der Waals surface area (Å²) in [6.45, 7) is 5.71. The van der Waals surface area contributed by atoms with Crippen LogP contribution in [0.5, 0.6) is 0 Å². The highest BCUT2D eigenvalue weighted by atomic mass is 32.2. The van der Waals surface area contributed by atoms with Crippen LogP contribution in [0.15, 0.2) is 0 Å². The van der Waals surface area contributed by atoms with E-state index in [9.17, 15) is 10.2 Å². The van der Waals surface area contributed by atoms with Crippen LogP contribution in [0.2, 0.25) is 0 Å². The molecule has 0 aromatic rings. The number of hydrogen-bond acceptors (Lipinski definition) is 4. The first-order valence-corrected chi connectivity index (χ1v) is 12.0. The Morgan fingerprint density at radius 1 is 1.00 bits per heavy atom. The van der Waals surface area contributed by atoms with E-state index in [-0.39, 0.29) is 15.8 Å². The Kier molecular flexibility index (Phi) is 4.13. The Morgan fingerprint density at radius 3 is 2.54 bits per heavy atom. The molecule has 4 saturated carbocycles. The Balaban J connectivity index is 1.44. The summed E-state index contributed by atoms with van der Waals surface area (Å²) in [4.78, 5) is 0.0659. The van der Waals surface area contributed by atoms with Gasteiger partial charge < -0.3 is 14.9 Å². The van der Waals surface area contributed by atoms with Gasteiger partial charge in [-0.05, 0) is 99.2 Å². The number of aliphatic hydroxyl groups excluding tert-OH is 1. The van der Waals surface area contributed by atoms with Gasteiger partial charge in [0.05, 0.1) is 12.2 Å². The van der Waals surface area contributed by atoms with Crippen molar-refractivity contribution < 1.29 is 14.9 Å². The molecule has 3 nitrogen and oxygen atoms in total. The minimum atomic E-state index is -0.503. The molecule has 0 radical (unpaired) electrons. The number of aliphatic hydroxyl groups is 2. The highest BCUT2D eigenvalue weighted by Gasteiger charge is 2.65. The van der Waals surface area contributed by atoms with Crippen LogP contribution in [-0.4, -0.2) is 39.7 Å². The molecule has 0 aromatic heterocycles.